The van der Waals surface area contributed by atoms with E-state index in [0.717, 1.165) is 47.5 Å². The Morgan fingerprint density at radius 2 is 1.88 bits per heavy atom. The van der Waals surface area contributed by atoms with Crippen molar-refractivity contribution in [3.8, 4) is 11.1 Å². The minimum Gasteiger partial charge on any atom is -0.386 e. The highest BCUT2D eigenvalue weighted by Crippen LogP contribution is 2.37. The Labute approximate surface area is 154 Å². The lowest BCUT2D eigenvalue weighted by Crippen LogP contribution is -2.29. The fourth-order valence-electron chi connectivity index (χ4n) is 4.30. The van der Waals surface area contributed by atoms with Gasteiger partial charge in [-0.1, -0.05) is 30.3 Å². The molecule has 2 aromatic rings. The third-order valence-corrected chi connectivity index (χ3v) is 5.75. The molecule has 2 aliphatic rings. The van der Waals surface area contributed by atoms with Crippen molar-refractivity contribution in [2.45, 2.75) is 25.4 Å². The molecule has 136 valence electrons. The third-order valence-electron chi connectivity index (χ3n) is 5.75. The number of nitrogens with zero attached hydrogens (tertiary/aromatic N) is 1. The second-order valence-electron chi connectivity index (χ2n) is 8.24. The number of aliphatic hydroxyl groups is 1. The van der Waals surface area contributed by atoms with Gasteiger partial charge in [0.25, 0.3) is 5.91 Å². The Morgan fingerprint density at radius 3 is 2.65 bits per heavy atom. The molecule has 26 heavy (non-hydrogen) atoms. The Kier molecular flexibility index (Phi) is 4.13. The Morgan fingerprint density at radius 1 is 1.12 bits per heavy atom. The summed E-state index contributed by atoms with van der Waals surface area (Å²) < 4.78 is 0. The van der Waals surface area contributed by atoms with Crippen LogP contribution >= 0.6 is 0 Å². The number of hydrogen-bond donors (Lipinski definition) is 2. The van der Waals surface area contributed by atoms with E-state index in [1.807, 2.05) is 30.3 Å². The highest BCUT2D eigenvalue weighted by atomic mass is 16.3. The van der Waals surface area contributed by atoms with Crippen molar-refractivity contribution in [1.82, 2.24) is 10.2 Å². The van der Waals surface area contributed by atoms with Gasteiger partial charge >= 0.3 is 0 Å². The molecule has 2 atom stereocenters. The third kappa shape index (κ3) is 3.04. The smallest absolute Gasteiger partial charge is 0.251 e. The molecule has 1 saturated heterocycles. The van der Waals surface area contributed by atoms with Crippen molar-refractivity contribution in [3.63, 3.8) is 0 Å². The van der Waals surface area contributed by atoms with E-state index in [1.165, 1.54) is 0 Å². The maximum atomic E-state index is 12.7. The van der Waals surface area contributed by atoms with Crippen LogP contribution in [0.15, 0.2) is 42.5 Å². The largest absolute Gasteiger partial charge is 0.386 e. The lowest BCUT2D eigenvalue weighted by atomic mass is 9.85. The number of fused-ring (bicyclic) bond motifs is 3. The van der Waals surface area contributed by atoms with Crippen molar-refractivity contribution >= 4 is 5.91 Å². The summed E-state index contributed by atoms with van der Waals surface area (Å²) in [6.45, 7) is 6.34. The molecule has 0 aliphatic carbocycles. The first-order valence-corrected chi connectivity index (χ1v) is 9.27. The predicted molar refractivity (Wildman–Crippen MR) is 103 cm³/mol. The van der Waals surface area contributed by atoms with Crippen molar-refractivity contribution in [1.29, 1.82) is 0 Å². The van der Waals surface area contributed by atoms with Crippen molar-refractivity contribution < 1.29 is 9.90 Å². The fraction of sp³-hybridized carbons (Fsp3) is 0.409. The zero-order valence-electron chi connectivity index (χ0n) is 15.6. The number of amides is 1. The van der Waals surface area contributed by atoms with E-state index in [0.29, 0.717) is 11.8 Å². The molecule has 0 saturated carbocycles. The van der Waals surface area contributed by atoms with Crippen molar-refractivity contribution in [3.05, 3.63) is 59.2 Å². The summed E-state index contributed by atoms with van der Waals surface area (Å²) in [5, 5.41) is 13.4. The van der Waals surface area contributed by atoms with Gasteiger partial charge in [0.05, 0.1) is 5.60 Å². The summed E-state index contributed by atoms with van der Waals surface area (Å²) in [6.07, 6.45) is 0. The second kappa shape index (κ2) is 6.22. The van der Waals surface area contributed by atoms with Gasteiger partial charge in [-0.2, -0.15) is 0 Å². The molecule has 0 radical (unpaired) electrons. The van der Waals surface area contributed by atoms with E-state index in [-0.39, 0.29) is 5.91 Å². The molecule has 2 N–H and O–H groups in total. The lowest BCUT2D eigenvalue weighted by Gasteiger charge is -2.19. The number of carbonyl (C=O) groups is 1. The first-order valence-electron chi connectivity index (χ1n) is 9.27. The average Bonchev–Trinajstić information content (AvgIpc) is 2.93. The van der Waals surface area contributed by atoms with Gasteiger partial charge in [-0.25, -0.2) is 0 Å². The minimum atomic E-state index is -0.888. The first-order chi connectivity index (χ1) is 12.3. The van der Waals surface area contributed by atoms with Gasteiger partial charge in [0, 0.05) is 31.1 Å². The molecule has 4 heteroatoms. The topological polar surface area (TPSA) is 52.6 Å². The van der Waals surface area contributed by atoms with Gasteiger partial charge in [0.1, 0.15) is 0 Å². The van der Waals surface area contributed by atoms with E-state index < -0.39 is 5.60 Å². The van der Waals surface area contributed by atoms with Crippen LogP contribution in [0.1, 0.15) is 41.3 Å². The van der Waals surface area contributed by atoms with E-state index in [1.54, 1.807) is 13.8 Å². The zero-order valence-corrected chi connectivity index (χ0v) is 15.6. The number of likely N-dealkylation sites (tertiary alicyclic amines) is 1. The number of nitrogens with one attached hydrogen (secondary N) is 1. The molecular weight excluding hydrogens is 324 g/mol. The van der Waals surface area contributed by atoms with Crippen LogP contribution in [0.3, 0.4) is 0 Å². The Bertz CT molecular complexity index is 853. The van der Waals surface area contributed by atoms with Gasteiger partial charge in [-0.3, -0.25) is 4.79 Å². The average molecular weight is 350 g/mol. The van der Waals surface area contributed by atoms with Gasteiger partial charge in [0.2, 0.25) is 0 Å². The molecule has 4 rings (SSSR count). The summed E-state index contributed by atoms with van der Waals surface area (Å²) in [5.41, 5.74) is 3.96. The molecule has 0 bridgehead atoms. The first kappa shape index (κ1) is 17.3. The summed E-state index contributed by atoms with van der Waals surface area (Å²) in [6, 6.07) is 14.2. The van der Waals surface area contributed by atoms with Crippen LogP contribution < -0.4 is 5.32 Å². The maximum absolute atomic E-state index is 12.7. The van der Waals surface area contributed by atoms with E-state index in [2.05, 4.69) is 29.4 Å². The second-order valence-corrected chi connectivity index (χ2v) is 8.24. The van der Waals surface area contributed by atoms with Crippen LogP contribution in [0.2, 0.25) is 0 Å². The van der Waals surface area contributed by atoms with E-state index >= 15 is 0 Å². The van der Waals surface area contributed by atoms with Crippen LogP contribution in [0.5, 0.6) is 0 Å². The molecule has 2 aromatic carbocycles. The van der Waals surface area contributed by atoms with Gasteiger partial charge in [0.15, 0.2) is 0 Å². The van der Waals surface area contributed by atoms with Crippen LogP contribution in [0, 0.1) is 5.92 Å². The van der Waals surface area contributed by atoms with E-state index in [4.69, 9.17) is 0 Å². The Hall–Kier alpha value is -2.17. The highest BCUT2D eigenvalue weighted by molar-refractivity contribution is 5.97. The molecule has 0 unspecified atom stereocenters. The summed E-state index contributed by atoms with van der Waals surface area (Å²) in [5.74, 6) is 0.915. The molecule has 2 aliphatic heterocycles. The molecule has 0 spiro atoms. The van der Waals surface area contributed by atoms with Gasteiger partial charge in [-0.15, -0.1) is 0 Å². The lowest BCUT2D eigenvalue weighted by molar-refractivity contribution is 0.0786. The zero-order chi connectivity index (χ0) is 18.5. The predicted octanol–water partition coefficient (Wildman–Crippen LogP) is 2.97. The Balaban J connectivity index is 1.77. The molecule has 0 aromatic heterocycles. The van der Waals surface area contributed by atoms with Gasteiger partial charge < -0.3 is 15.3 Å². The quantitative estimate of drug-likeness (QED) is 0.875. The van der Waals surface area contributed by atoms with Crippen molar-refractivity contribution in [2.75, 3.05) is 26.7 Å². The minimum absolute atomic E-state index is 0.0255. The SMILES string of the molecule is CN1C[C@@H]2CNC(=O)c3cc(-c4cccc(C(C)(C)O)c4)ccc3[C@H]2C1. The number of likely N-dealkylation sites (N-methyl/N-ethyl adjacent to an activating group) is 1. The number of carbonyl (C=O) groups excluding carboxylic acids is 1. The standard InChI is InChI=1S/C22H26N2O2/c1-22(2,26)17-6-4-5-14(9-17)15-7-8-18-19(10-15)21(25)23-11-16-12-24(3)13-20(16)18/h4-10,16,20,26H,11-13H2,1-3H3,(H,23,25)/t16-,20-/m0/s1. The molecule has 1 amide bonds. The normalized spacial score (nSPS) is 23.2. The van der Waals surface area contributed by atoms with Crippen LogP contribution in [0.25, 0.3) is 11.1 Å². The van der Waals surface area contributed by atoms with E-state index in [9.17, 15) is 9.90 Å². The van der Waals surface area contributed by atoms with Crippen molar-refractivity contribution in [2.24, 2.45) is 5.92 Å². The summed E-state index contributed by atoms with van der Waals surface area (Å²) in [7, 11) is 2.15. The number of rotatable bonds is 2. The fourth-order valence-corrected chi connectivity index (χ4v) is 4.30. The highest BCUT2D eigenvalue weighted by Gasteiger charge is 2.36. The molecule has 4 nitrogen and oxygen atoms in total. The van der Waals surface area contributed by atoms with Crippen LogP contribution in [0.4, 0.5) is 0 Å². The summed E-state index contributed by atoms with van der Waals surface area (Å²) >= 11 is 0. The van der Waals surface area contributed by atoms with Crippen LogP contribution in [-0.4, -0.2) is 42.6 Å². The summed E-state index contributed by atoms with van der Waals surface area (Å²) in [4.78, 5) is 15.0. The number of benzene rings is 2. The molecule has 1 fully saturated rings. The maximum Gasteiger partial charge on any atom is 0.251 e. The van der Waals surface area contributed by atoms with Crippen LogP contribution in [-0.2, 0) is 5.60 Å². The monoisotopic (exact) mass is 350 g/mol. The number of hydrogen-bond acceptors (Lipinski definition) is 3. The molecular formula is C22H26N2O2. The molecule has 2 heterocycles. The van der Waals surface area contributed by atoms with Gasteiger partial charge in [-0.05, 0) is 61.2 Å².